The molecule has 0 unspecified atom stereocenters. The predicted octanol–water partition coefficient (Wildman–Crippen LogP) is 8.25. The molecular weight excluding hydrogens is 628 g/mol. The molecule has 0 aliphatic rings. The molecule has 12 heteroatoms. The van der Waals surface area contributed by atoms with Crippen LogP contribution in [0.1, 0.15) is 5.56 Å². The van der Waals surface area contributed by atoms with E-state index in [-0.39, 0.29) is 32.7 Å². The van der Waals surface area contributed by atoms with Gasteiger partial charge in [0.2, 0.25) is 0 Å². The summed E-state index contributed by atoms with van der Waals surface area (Å²) in [7, 11) is 0. The van der Waals surface area contributed by atoms with Crippen molar-refractivity contribution in [3.63, 3.8) is 0 Å². The van der Waals surface area contributed by atoms with E-state index in [0.29, 0.717) is 32.0 Å². The van der Waals surface area contributed by atoms with Gasteiger partial charge in [0.1, 0.15) is 11.6 Å². The van der Waals surface area contributed by atoms with Gasteiger partial charge in [-0.3, -0.25) is 0 Å². The molecule has 0 spiro atoms. The monoisotopic (exact) mass is 638 g/mol. The van der Waals surface area contributed by atoms with E-state index in [1.54, 1.807) is 18.2 Å². The number of hydrogen-bond donors (Lipinski definition) is 2. The maximum absolute atomic E-state index is 14.6. The van der Waals surface area contributed by atoms with E-state index >= 15 is 0 Å². The SMILES string of the molecule is OC(c1ccc2c(c1)c1cc(I)ccc1c1nc(-c3c(F)cccc3Cl)[nH]c21)(C(F)(F)F)C(F)(F)F. The number of nitrogens with one attached hydrogen (secondary N) is 1. The van der Waals surface area contributed by atoms with Crippen molar-refractivity contribution in [3.05, 3.63) is 74.6 Å². The summed E-state index contributed by atoms with van der Waals surface area (Å²) in [6.07, 6.45) is -12.1. The molecule has 0 saturated heterocycles. The van der Waals surface area contributed by atoms with Gasteiger partial charge in [-0.05, 0) is 63.7 Å². The number of fused-ring (bicyclic) bond motifs is 6. The zero-order chi connectivity index (χ0) is 26.2. The van der Waals surface area contributed by atoms with Crippen LogP contribution >= 0.6 is 34.2 Å². The molecule has 0 fully saturated rings. The summed E-state index contributed by atoms with van der Waals surface area (Å²) in [5, 5.41) is 10.9. The van der Waals surface area contributed by atoms with E-state index < -0.39 is 29.3 Å². The van der Waals surface area contributed by atoms with Gasteiger partial charge >= 0.3 is 12.4 Å². The lowest BCUT2D eigenvalue weighted by Gasteiger charge is -2.32. The first-order valence-corrected chi connectivity index (χ1v) is 11.5. The number of halogens is 9. The number of nitrogens with zero attached hydrogens (tertiary/aromatic N) is 1. The molecule has 0 saturated carbocycles. The van der Waals surface area contributed by atoms with E-state index in [2.05, 4.69) is 9.97 Å². The summed E-state index contributed by atoms with van der Waals surface area (Å²) in [5.41, 5.74) is -5.94. The number of rotatable bonds is 2. The summed E-state index contributed by atoms with van der Waals surface area (Å²) in [6.45, 7) is 0. The molecule has 0 atom stereocenters. The smallest absolute Gasteiger partial charge is 0.369 e. The number of aromatic nitrogens is 2. The number of benzene rings is 4. The van der Waals surface area contributed by atoms with Crippen molar-refractivity contribution < 1.29 is 35.8 Å². The molecule has 5 aromatic rings. The highest BCUT2D eigenvalue weighted by atomic mass is 127. The Balaban J connectivity index is 1.91. The van der Waals surface area contributed by atoms with Gasteiger partial charge in [0.25, 0.3) is 5.60 Å². The minimum atomic E-state index is -6.03. The zero-order valence-corrected chi connectivity index (χ0v) is 20.4. The van der Waals surface area contributed by atoms with Crippen LogP contribution in [-0.4, -0.2) is 27.4 Å². The second-order valence-corrected chi connectivity index (χ2v) is 9.71. The van der Waals surface area contributed by atoms with Crippen molar-refractivity contribution in [3.8, 4) is 11.4 Å². The minimum Gasteiger partial charge on any atom is -0.369 e. The van der Waals surface area contributed by atoms with Crippen LogP contribution < -0.4 is 0 Å². The highest BCUT2D eigenvalue weighted by molar-refractivity contribution is 14.1. The topological polar surface area (TPSA) is 48.9 Å². The quantitative estimate of drug-likeness (QED) is 0.116. The van der Waals surface area contributed by atoms with Crippen molar-refractivity contribution in [1.29, 1.82) is 0 Å². The Morgan fingerprint density at radius 1 is 0.833 bits per heavy atom. The molecule has 2 N–H and O–H groups in total. The summed E-state index contributed by atoms with van der Waals surface area (Å²) in [4.78, 5) is 7.39. The van der Waals surface area contributed by atoms with Crippen LogP contribution in [0.5, 0.6) is 0 Å². The molecule has 4 aromatic carbocycles. The third-order valence-corrected chi connectivity index (χ3v) is 6.94. The van der Waals surface area contributed by atoms with Crippen LogP contribution in [-0.2, 0) is 5.60 Å². The fourth-order valence-electron chi connectivity index (χ4n) is 4.25. The van der Waals surface area contributed by atoms with Gasteiger partial charge in [0.15, 0.2) is 0 Å². The molecule has 0 aliphatic heterocycles. The predicted molar refractivity (Wildman–Crippen MR) is 130 cm³/mol. The third-order valence-electron chi connectivity index (χ3n) is 5.96. The largest absolute Gasteiger partial charge is 0.430 e. The number of aliphatic hydroxyl groups is 1. The second kappa shape index (κ2) is 8.18. The van der Waals surface area contributed by atoms with Crippen LogP contribution in [0, 0.1) is 9.39 Å². The molecule has 0 bridgehead atoms. The molecule has 186 valence electrons. The Labute approximate surface area is 216 Å². The Bertz CT molecular complexity index is 1640. The standard InChI is InChI=1S/C24H11ClF7IN2O/c25-16-2-1-3-17(26)18(16)21-34-19-12-6-4-10(22(36,23(27,28)29)24(30,31)32)8-14(12)15-9-11(33)5-7-13(15)20(19)35-21/h1-9,36H,(H,34,35). The molecule has 0 aliphatic carbocycles. The van der Waals surface area contributed by atoms with Crippen molar-refractivity contribution in [2.45, 2.75) is 18.0 Å². The maximum atomic E-state index is 14.6. The van der Waals surface area contributed by atoms with Gasteiger partial charge in [0, 0.05) is 19.9 Å². The van der Waals surface area contributed by atoms with E-state index in [1.165, 1.54) is 18.2 Å². The van der Waals surface area contributed by atoms with Gasteiger partial charge in [-0.1, -0.05) is 35.9 Å². The van der Waals surface area contributed by atoms with E-state index in [0.717, 1.165) is 6.07 Å². The maximum Gasteiger partial charge on any atom is 0.430 e. The lowest BCUT2D eigenvalue weighted by atomic mass is 9.89. The van der Waals surface area contributed by atoms with Gasteiger partial charge in [-0.2, -0.15) is 26.3 Å². The van der Waals surface area contributed by atoms with Crippen molar-refractivity contribution in [2.24, 2.45) is 0 Å². The number of alkyl halides is 6. The fraction of sp³-hybridized carbons (Fsp3) is 0.125. The van der Waals surface area contributed by atoms with Crippen LogP contribution in [0.2, 0.25) is 5.02 Å². The van der Waals surface area contributed by atoms with Gasteiger partial charge in [-0.25, -0.2) is 9.37 Å². The number of H-pyrrole nitrogens is 1. The normalized spacial score (nSPS) is 13.3. The summed E-state index contributed by atoms with van der Waals surface area (Å²) >= 11 is 8.12. The minimum absolute atomic E-state index is 0.00951. The van der Waals surface area contributed by atoms with E-state index in [1.807, 2.05) is 22.6 Å². The summed E-state index contributed by atoms with van der Waals surface area (Å²) in [6, 6.07) is 11.2. The molecule has 0 radical (unpaired) electrons. The molecule has 3 nitrogen and oxygen atoms in total. The highest BCUT2D eigenvalue weighted by Crippen LogP contribution is 2.51. The van der Waals surface area contributed by atoms with Crippen molar-refractivity contribution in [1.82, 2.24) is 9.97 Å². The second-order valence-electron chi connectivity index (χ2n) is 8.06. The van der Waals surface area contributed by atoms with Crippen LogP contribution in [0.15, 0.2) is 54.6 Å². The average molecular weight is 639 g/mol. The molecule has 1 heterocycles. The number of imidazole rings is 1. The van der Waals surface area contributed by atoms with Crippen LogP contribution in [0.3, 0.4) is 0 Å². The van der Waals surface area contributed by atoms with Crippen LogP contribution in [0.25, 0.3) is 44.0 Å². The Hall–Kier alpha value is -2.64. The van der Waals surface area contributed by atoms with Gasteiger partial charge in [-0.15, -0.1) is 0 Å². The number of hydrogen-bond acceptors (Lipinski definition) is 2. The van der Waals surface area contributed by atoms with Gasteiger partial charge < -0.3 is 10.1 Å². The Morgan fingerprint density at radius 2 is 1.47 bits per heavy atom. The van der Waals surface area contributed by atoms with Crippen LogP contribution in [0.4, 0.5) is 30.7 Å². The third kappa shape index (κ3) is 3.62. The molecular formula is C24H11ClF7IN2O. The molecule has 36 heavy (non-hydrogen) atoms. The first-order chi connectivity index (χ1) is 16.7. The summed E-state index contributed by atoms with van der Waals surface area (Å²) in [5.74, 6) is -0.640. The van der Waals surface area contributed by atoms with E-state index in [4.69, 9.17) is 11.6 Å². The Morgan fingerprint density at radius 3 is 2.11 bits per heavy atom. The zero-order valence-electron chi connectivity index (χ0n) is 17.5. The van der Waals surface area contributed by atoms with Gasteiger partial charge in [0.05, 0.1) is 21.6 Å². The molecule has 5 rings (SSSR count). The van der Waals surface area contributed by atoms with Crippen molar-refractivity contribution in [2.75, 3.05) is 0 Å². The summed E-state index contributed by atoms with van der Waals surface area (Å²) < 4.78 is 96.5. The fourth-order valence-corrected chi connectivity index (χ4v) is 4.99. The first kappa shape index (κ1) is 25.0. The Kier molecular flexibility index (Phi) is 5.69. The number of aromatic amines is 1. The van der Waals surface area contributed by atoms with Crippen molar-refractivity contribution >= 4 is 66.8 Å². The molecule has 0 amide bonds. The average Bonchev–Trinajstić information content (AvgIpc) is 3.21. The molecule has 1 aromatic heterocycles. The first-order valence-electron chi connectivity index (χ1n) is 10.1. The van der Waals surface area contributed by atoms with E-state index in [9.17, 15) is 35.8 Å². The lowest BCUT2D eigenvalue weighted by molar-refractivity contribution is -0.376. The highest BCUT2D eigenvalue weighted by Gasteiger charge is 2.71. The lowest BCUT2D eigenvalue weighted by Crippen LogP contribution is -2.53.